The topological polar surface area (TPSA) is 75.3 Å². The van der Waals surface area contributed by atoms with Gasteiger partial charge >= 0.3 is 0 Å². The molecule has 2 aromatic carbocycles. The molecule has 1 amide bonds. The molecular formula is C20H22N2O3S. The van der Waals surface area contributed by atoms with Gasteiger partial charge in [-0.1, -0.05) is 35.9 Å². The summed E-state index contributed by atoms with van der Waals surface area (Å²) >= 11 is 0. The molecule has 0 heterocycles. The minimum atomic E-state index is -3.68. The molecule has 0 aliphatic heterocycles. The average Bonchev–Trinajstić information content (AvgIpc) is 2.67. The lowest BCUT2D eigenvalue weighted by Crippen LogP contribution is -2.26. The number of anilines is 1. The molecule has 5 nitrogen and oxygen atoms in total. The molecule has 6 heteroatoms. The van der Waals surface area contributed by atoms with Crippen molar-refractivity contribution in [1.29, 1.82) is 0 Å². The maximum atomic E-state index is 12.4. The van der Waals surface area contributed by atoms with Crippen molar-refractivity contribution in [3.63, 3.8) is 0 Å². The number of hydrogen-bond donors (Lipinski definition) is 2. The zero-order chi connectivity index (χ0) is 18.4. The van der Waals surface area contributed by atoms with Gasteiger partial charge in [0.15, 0.2) is 0 Å². The van der Waals surface area contributed by atoms with E-state index in [1.165, 1.54) is 30.5 Å². The van der Waals surface area contributed by atoms with E-state index in [1.54, 1.807) is 42.5 Å². The van der Waals surface area contributed by atoms with E-state index in [-0.39, 0.29) is 10.8 Å². The monoisotopic (exact) mass is 370 g/mol. The molecule has 0 saturated carbocycles. The molecule has 26 heavy (non-hydrogen) atoms. The summed E-state index contributed by atoms with van der Waals surface area (Å²) in [4.78, 5) is 12.5. The minimum Gasteiger partial charge on any atom is -0.348 e. The highest BCUT2D eigenvalue weighted by Gasteiger charge is 2.15. The van der Waals surface area contributed by atoms with Crippen LogP contribution in [-0.4, -0.2) is 20.9 Å². The molecule has 0 fully saturated rings. The minimum absolute atomic E-state index is 0.180. The van der Waals surface area contributed by atoms with Crippen LogP contribution in [0.4, 0.5) is 5.69 Å². The summed E-state index contributed by atoms with van der Waals surface area (Å²) in [5.41, 5.74) is 2.04. The fraction of sp³-hybridized carbons (Fsp3) is 0.250. The van der Waals surface area contributed by atoms with Gasteiger partial charge in [-0.2, -0.15) is 0 Å². The maximum absolute atomic E-state index is 12.4. The molecule has 2 N–H and O–H groups in total. The Kier molecular flexibility index (Phi) is 5.73. The average molecular weight is 370 g/mol. The summed E-state index contributed by atoms with van der Waals surface area (Å²) < 4.78 is 27.3. The van der Waals surface area contributed by atoms with Crippen LogP contribution < -0.4 is 10.0 Å². The van der Waals surface area contributed by atoms with Crippen LogP contribution in [0.2, 0.25) is 0 Å². The van der Waals surface area contributed by atoms with Gasteiger partial charge in [-0.3, -0.25) is 9.52 Å². The van der Waals surface area contributed by atoms with E-state index in [0.717, 1.165) is 12.8 Å². The van der Waals surface area contributed by atoms with Crippen LogP contribution in [0, 0.1) is 0 Å². The number of sulfonamides is 1. The predicted octanol–water partition coefficient (Wildman–Crippen LogP) is 3.72. The fourth-order valence-corrected chi connectivity index (χ4v) is 3.97. The van der Waals surface area contributed by atoms with Crippen LogP contribution in [0.25, 0.3) is 0 Å². The van der Waals surface area contributed by atoms with Crippen LogP contribution in [0.1, 0.15) is 36.0 Å². The van der Waals surface area contributed by atoms with E-state index in [2.05, 4.69) is 16.1 Å². The Morgan fingerprint density at radius 3 is 2.54 bits per heavy atom. The summed E-state index contributed by atoms with van der Waals surface area (Å²) in [6.45, 7) is 0.540. The van der Waals surface area contributed by atoms with Gasteiger partial charge in [0, 0.05) is 17.8 Å². The number of rotatable bonds is 6. The number of carbonyl (C=O) groups is 1. The Morgan fingerprint density at radius 1 is 1.00 bits per heavy atom. The van der Waals surface area contributed by atoms with Crippen LogP contribution in [0.15, 0.2) is 71.1 Å². The van der Waals surface area contributed by atoms with Gasteiger partial charge in [-0.05, 0) is 56.0 Å². The first-order valence-electron chi connectivity index (χ1n) is 8.69. The maximum Gasteiger partial charge on any atom is 0.261 e. The molecule has 136 valence electrons. The van der Waals surface area contributed by atoms with Crippen molar-refractivity contribution in [2.24, 2.45) is 0 Å². The van der Waals surface area contributed by atoms with Crippen LogP contribution >= 0.6 is 0 Å². The lowest BCUT2D eigenvalue weighted by atomic mass is 9.99. The van der Waals surface area contributed by atoms with E-state index < -0.39 is 10.0 Å². The summed E-state index contributed by atoms with van der Waals surface area (Å²) in [5, 5.41) is 2.91. The third-order valence-electron chi connectivity index (χ3n) is 4.29. The van der Waals surface area contributed by atoms with Gasteiger partial charge in [0.05, 0.1) is 4.90 Å². The fourth-order valence-electron chi connectivity index (χ4n) is 2.90. The smallest absolute Gasteiger partial charge is 0.261 e. The van der Waals surface area contributed by atoms with Crippen molar-refractivity contribution in [1.82, 2.24) is 5.32 Å². The first-order chi connectivity index (χ1) is 12.5. The number of nitrogens with one attached hydrogen (secondary N) is 2. The quantitative estimate of drug-likeness (QED) is 0.761. The second-order valence-electron chi connectivity index (χ2n) is 6.29. The molecule has 0 atom stereocenters. The Labute approximate surface area is 154 Å². The van der Waals surface area contributed by atoms with Crippen LogP contribution in [-0.2, 0) is 10.0 Å². The number of amides is 1. The second kappa shape index (κ2) is 8.19. The van der Waals surface area contributed by atoms with Crippen molar-refractivity contribution in [3.8, 4) is 0 Å². The SMILES string of the molecule is O=C(NCC1=CCCCC1)c1cccc(NS(=O)(=O)c2ccccc2)c1. The van der Waals surface area contributed by atoms with Crippen LogP contribution in [0.5, 0.6) is 0 Å². The zero-order valence-electron chi connectivity index (χ0n) is 14.4. The number of benzene rings is 2. The summed E-state index contributed by atoms with van der Waals surface area (Å²) in [7, 11) is -3.68. The third kappa shape index (κ3) is 4.73. The third-order valence-corrected chi connectivity index (χ3v) is 5.69. The van der Waals surface area contributed by atoms with E-state index >= 15 is 0 Å². The predicted molar refractivity (Wildman–Crippen MR) is 103 cm³/mol. The molecule has 0 radical (unpaired) electrons. The molecule has 0 unspecified atom stereocenters. The van der Waals surface area contributed by atoms with Gasteiger partial charge in [0.25, 0.3) is 15.9 Å². The van der Waals surface area contributed by atoms with E-state index in [4.69, 9.17) is 0 Å². The van der Waals surface area contributed by atoms with Crippen molar-refractivity contribution in [2.75, 3.05) is 11.3 Å². The normalized spacial score (nSPS) is 14.4. The second-order valence-corrected chi connectivity index (χ2v) is 7.97. The molecular weight excluding hydrogens is 348 g/mol. The number of carbonyl (C=O) groups excluding carboxylic acids is 1. The van der Waals surface area contributed by atoms with E-state index in [9.17, 15) is 13.2 Å². The summed E-state index contributed by atoms with van der Waals surface area (Å²) in [6, 6.07) is 14.6. The lowest BCUT2D eigenvalue weighted by Gasteiger charge is -2.14. The molecule has 0 bridgehead atoms. The van der Waals surface area contributed by atoms with Gasteiger partial charge in [0.1, 0.15) is 0 Å². The highest BCUT2D eigenvalue weighted by Crippen LogP contribution is 2.18. The largest absolute Gasteiger partial charge is 0.348 e. The van der Waals surface area contributed by atoms with Gasteiger partial charge < -0.3 is 5.32 Å². The van der Waals surface area contributed by atoms with E-state index in [0.29, 0.717) is 17.8 Å². The highest BCUT2D eigenvalue weighted by molar-refractivity contribution is 7.92. The van der Waals surface area contributed by atoms with Crippen molar-refractivity contribution in [2.45, 2.75) is 30.6 Å². The first-order valence-corrected chi connectivity index (χ1v) is 10.2. The lowest BCUT2D eigenvalue weighted by molar-refractivity contribution is 0.0956. The zero-order valence-corrected chi connectivity index (χ0v) is 15.3. The molecule has 0 spiro atoms. The molecule has 1 aliphatic carbocycles. The van der Waals surface area contributed by atoms with Gasteiger partial charge in [-0.15, -0.1) is 0 Å². The molecule has 3 rings (SSSR count). The first kappa shape index (κ1) is 18.2. The Hall–Kier alpha value is -2.60. The van der Waals surface area contributed by atoms with Crippen LogP contribution in [0.3, 0.4) is 0 Å². The van der Waals surface area contributed by atoms with Crippen molar-refractivity contribution >= 4 is 21.6 Å². The molecule has 0 saturated heterocycles. The molecule has 0 aromatic heterocycles. The molecule has 2 aromatic rings. The standard InChI is InChI=1S/C20H22N2O3S/c23-20(21-15-16-8-3-1-4-9-16)17-10-7-11-18(14-17)22-26(24,25)19-12-5-2-6-13-19/h2,5-8,10-14,22H,1,3-4,9,15H2,(H,21,23). The Bertz CT molecular complexity index is 906. The summed E-state index contributed by atoms with van der Waals surface area (Å²) in [6.07, 6.45) is 6.66. The van der Waals surface area contributed by atoms with Gasteiger partial charge in [0.2, 0.25) is 0 Å². The Morgan fingerprint density at radius 2 is 1.81 bits per heavy atom. The Balaban J connectivity index is 1.68. The van der Waals surface area contributed by atoms with Gasteiger partial charge in [-0.25, -0.2) is 8.42 Å². The summed E-state index contributed by atoms with van der Waals surface area (Å²) in [5.74, 6) is -0.211. The molecule has 1 aliphatic rings. The van der Waals surface area contributed by atoms with Crippen molar-refractivity contribution in [3.05, 3.63) is 71.8 Å². The number of hydrogen-bond acceptors (Lipinski definition) is 3. The van der Waals surface area contributed by atoms with E-state index in [1.807, 2.05) is 0 Å². The van der Waals surface area contributed by atoms with Crippen molar-refractivity contribution < 1.29 is 13.2 Å². The highest BCUT2D eigenvalue weighted by atomic mass is 32.2. The number of allylic oxidation sites excluding steroid dienone is 1.